The fraction of sp³-hybridized carbons (Fsp3) is 0.308. The molecule has 0 unspecified atom stereocenters. The number of aromatic amines is 1. The average Bonchev–Trinajstić information content (AvgIpc) is 3.26. The molecule has 3 aromatic rings. The highest BCUT2D eigenvalue weighted by atomic mass is 35.5. The Hall–Kier alpha value is -3.00. The molecule has 1 aliphatic heterocycles. The lowest BCUT2D eigenvalue weighted by Crippen LogP contribution is -2.47. The summed E-state index contributed by atoms with van der Waals surface area (Å²) in [7, 11) is 1.49. The van der Waals surface area contributed by atoms with Gasteiger partial charge >= 0.3 is 0 Å². The number of ether oxygens (including phenoxy) is 1. The maximum Gasteiger partial charge on any atom is 0.286 e. The first kappa shape index (κ1) is 25.1. The maximum absolute atomic E-state index is 12.5. The number of hydrogen-bond donors (Lipinski definition) is 2. The van der Waals surface area contributed by atoms with E-state index in [4.69, 9.17) is 27.9 Å². The normalized spacial score (nSPS) is 15.2. The number of aromatic nitrogens is 2. The van der Waals surface area contributed by atoms with Gasteiger partial charge in [-0.3, -0.25) is 9.69 Å². The van der Waals surface area contributed by atoms with Crippen LogP contribution in [-0.2, 0) is 9.53 Å². The van der Waals surface area contributed by atoms with Crippen molar-refractivity contribution in [2.45, 2.75) is 6.42 Å². The Kier molecular flexibility index (Phi) is 8.69. The number of amides is 1. The second-order valence-corrected chi connectivity index (χ2v) is 9.11. The van der Waals surface area contributed by atoms with Crippen LogP contribution >= 0.6 is 23.2 Å². The maximum atomic E-state index is 12.5. The fourth-order valence-electron chi connectivity index (χ4n) is 4.05. The molecule has 0 bridgehead atoms. The van der Waals surface area contributed by atoms with Crippen LogP contribution in [-0.4, -0.2) is 67.2 Å². The van der Waals surface area contributed by atoms with Crippen LogP contribution in [0.5, 0.6) is 0 Å². The minimum atomic E-state index is -0.229. The van der Waals surface area contributed by atoms with Crippen molar-refractivity contribution in [2.75, 3.05) is 51.3 Å². The molecule has 1 amide bonds. The number of methoxy groups -OCH3 is 1. The first-order valence-corrected chi connectivity index (χ1v) is 12.4. The number of nitrogens with one attached hydrogen (secondary N) is 2. The monoisotopic (exact) mass is 513 g/mol. The van der Waals surface area contributed by atoms with Crippen LogP contribution in [0, 0.1) is 0 Å². The molecule has 35 heavy (non-hydrogen) atoms. The largest absolute Gasteiger partial charge is 0.491 e. The van der Waals surface area contributed by atoms with Gasteiger partial charge in [0.25, 0.3) is 5.91 Å². The molecule has 9 heteroatoms. The van der Waals surface area contributed by atoms with Crippen molar-refractivity contribution in [3.8, 4) is 0 Å². The second kappa shape index (κ2) is 12.1. The minimum Gasteiger partial charge on any atom is -0.491 e. The van der Waals surface area contributed by atoms with Crippen LogP contribution in [0.25, 0.3) is 17.0 Å². The lowest BCUT2D eigenvalue weighted by Gasteiger charge is -2.35. The van der Waals surface area contributed by atoms with E-state index in [1.54, 1.807) is 18.2 Å². The molecule has 1 fully saturated rings. The average molecular weight is 514 g/mol. The van der Waals surface area contributed by atoms with Gasteiger partial charge < -0.3 is 19.9 Å². The van der Waals surface area contributed by atoms with Gasteiger partial charge in [-0.1, -0.05) is 35.3 Å². The van der Waals surface area contributed by atoms with Crippen LogP contribution in [0.3, 0.4) is 0 Å². The highest BCUT2D eigenvalue weighted by molar-refractivity contribution is 6.42. The molecule has 2 aromatic heterocycles. The standard InChI is InChI=1S/C26H29Cl2N5O2/c1-35-24(7-4-6-20-16-19-17-21(27)22(28)18-23(19)31-20)26(34)30-10-5-11-32-12-14-33(15-13-32)25-8-2-3-9-29-25/h2-4,6-9,16-18,31H,5,10-15H2,1H3,(H,30,34)/b6-4+,24-7+. The number of carbonyl (C=O) groups is 1. The number of carbonyl (C=O) groups excluding carboxylic acids is 1. The number of piperazine rings is 1. The van der Waals surface area contributed by atoms with E-state index in [0.29, 0.717) is 16.6 Å². The molecular weight excluding hydrogens is 485 g/mol. The SMILES string of the molecule is CO/C(=C/C=C/c1cc2cc(Cl)c(Cl)cc2[nH]1)C(=O)NCCCN1CCN(c2ccccn2)CC1. The van der Waals surface area contributed by atoms with Crippen molar-refractivity contribution in [1.82, 2.24) is 20.2 Å². The van der Waals surface area contributed by atoms with Gasteiger partial charge in [0.15, 0.2) is 5.76 Å². The van der Waals surface area contributed by atoms with Gasteiger partial charge in [0.05, 0.1) is 17.2 Å². The number of allylic oxidation sites excluding steroid dienone is 2. The highest BCUT2D eigenvalue weighted by Crippen LogP contribution is 2.28. The van der Waals surface area contributed by atoms with E-state index in [2.05, 4.69) is 25.1 Å². The third kappa shape index (κ3) is 6.78. The van der Waals surface area contributed by atoms with Crippen LogP contribution < -0.4 is 10.2 Å². The van der Waals surface area contributed by atoms with E-state index in [1.165, 1.54) is 7.11 Å². The number of rotatable bonds is 9. The Labute approximate surface area is 215 Å². The summed E-state index contributed by atoms with van der Waals surface area (Å²) in [6, 6.07) is 11.6. The number of nitrogens with zero attached hydrogens (tertiary/aromatic N) is 3. The topological polar surface area (TPSA) is 73.5 Å². The van der Waals surface area contributed by atoms with E-state index < -0.39 is 0 Å². The van der Waals surface area contributed by atoms with Crippen molar-refractivity contribution in [1.29, 1.82) is 0 Å². The number of benzene rings is 1. The van der Waals surface area contributed by atoms with Crippen LogP contribution in [0.15, 0.2) is 60.5 Å². The number of halogens is 2. The summed E-state index contributed by atoms with van der Waals surface area (Å²) < 4.78 is 5.27. The zero-order valence-corrected chi connectivity index (χ0v) is 21.1. The van der Waals surface area contributed by atoms with Gasteiger partial charge in [0.1, 0.15) is 5.82 Å². The number of fused-ring (bicyclic) bond motifs is 1. The summed E-state index contributed by atoms with van der Waals surface area (Å²) >= 11 is 12.2. The van der Waals surface area contributed by atoms with Crippen LogP contribution in [0.2, 0.25) is 10.0 Å². The molecule has 1 aliphatic rings. The number of pyridine rings is 1. The number of hydrogen-bond acceptors (Lipinski definition) is 5. The Balaban J connectivity index is 1.20. The lowest BCUT2D eigenvalue weighted by atomic mass is 10.2. The fourth-order valence-corrected chi connectivity index (χ4v) is 4.38. The summed E-state index contributed by atoms with van der Waals surface area (Å²) in [5, 5.41) is 4.92. The minimum absolute atomic E-state index is 0.229. The van der Waals surface area contributed by atoms with E-state index in [1.807, 2.05) is 42.6 Å². The summed E-state index contributed by atoms with van der Waals surface area (Å²) in [4.78, 5) is 24.9. The molecular formula is C26H29Cl2N5O2. The predicted molar refractivity (Wildman–Crippen MR) is 143 cm³/mol. The molecule has 1 saturated heterocycles. The molecule has 0 spiro atoms. The smallest absolute Gasteiger partial charge is 0.286 e. The number of anilines is 1. The molecule has 7 nitrogen and oxygen atoms in total. The Morgan fingerprint density at radius 3 is 2.71 bits per heavy atom. The van der Waals surface area contributed by atoms with Crippen molar-refractivity contribution in [2.24, 2.45) is 0 Å². The van der Waals surface area contributed by atoms with Gasteiger partial charge in [-0.25, -0.2) is 4.98 Å². The molecule has 2 N–H and O–H groups in total. The highest BCUT2D eigenvalue weighted by Gasteiger charge is 2.17. The van der Waals surface area contributed by atoms with E-state index in [-0.39, 0.29) is 11.7 Å². The quantitative estimate of drug-likeness (QED) is 0.187. The van der Waals surface area contributed by atoms with Crippen LogP contribution in [0.1, 0.15) is 12.1 Å². The van der Waals surface area contributed by atoms with Crippen LogP contribution in [0.4, 0.5) is 5.82 Å². The Morgan fingerprint density at radius 1 is 1.17 bits per heavy atom. The van der Waals surface area contributed by atoms with E-state index >= 15 is 0 Å². The Morgan fingerprint density at radius 2 is 1.97 bits per heavy atom. The third-order valence-electron chi connectivity index (χ3n) is 5.93. The van der Waals surface area contributed by atoms with E-state index in [0.717, 1.165) is 61.6 Å². The zero-order valence-electron chi connectivity index (χ0n) is 19.6. The molecule has 0 atom stereocenters. The first-order valence-electron chi connectivity index (χ1n) is 11.6. The molecule has 0 aliphatic carbocycles. The lowest BCUT2D eigenvalue weighted by molar-refractivity contribution is -0.120. The molecule has 3 heterocycles. The van der Waals surface area contributed by atoms with Gasteiger partial charge in [-0.2, -0.15) is 0 Å². The first-order chi connectivity index (χ1) is 17.0. The summed E-state index contributed by atoms with van der Waals surface area (Å²) in [5.74, 6) is 1.06. The molecule has 184 valence electrons. The predicted octanol–water partition coefficient (Wildman–Crippen LogP) is 4.74. The molecule has 1 aromatic carbocycles. The number of H-pyrrole nitrogens is 1. The van der Waals surface area contributed by atoms with Gasteiger partial charge in [0, 0.05) is 55.5 Å². The van der Waals surface area contributed by atoms with Crippen molar-refractivity contribution < 1.29 is 9.53 Å². The van der Waals surface area contributed by atoms with Gasteiger partial charge in [0.2, 0.25) is 0 Å². The second-order valence-electron chi connectivity index (χ2n) is 8.30. The molecule has 0 radical (unpaired) electrons. The van der Waals surface area contributed by atoms with Gasteiger partial charge in [-0.05, 0) is 55.4 Å². The zero-order chi connectivity index (χ0) is 24.6. The van der Waals surface area contributed by atoms with Crippen molar-refractivity contribution in [3.05, 3.63) is 76.2 Å². The summed E-state index contributed by atoms with van der Waals surface area (Å²) in [6.45, 7) is 5.44. The summed E-state index contributed by atoms with van der Waals surface area (Å²) in [5.41, 5.74) is 1.76. The van der Waals surface area contributed by atoms with Gasteiger partial charge in [-0.15, -0.1) is 0 Å². The molecule has 0 saturated carbocycles. The van der Waals surface area contributed by atoms with Crippen molar-refractivity contribution >= 4 is 51.9 Å². The third-order valence-corrected chi connectivity index (χ3v) is 6.65. The molecule has 4 rings (SSSR count). The van der Waals surface area contributed by atoms with Crippen molar-refractivity contribution in [3.63, 3.8) is 0 Å². The van der Waals surface area contributed by atoms with E-state index in [9.17, 15) is 4.79 Å². The summed E-state index contributed by atoms with van der Waals surface area (Å²) in [6.07, 6.45) is 7.99. The Bertz CT molecular complexity index is 1160.